The first-order chi connectivity index (χ1) is 8.73. The zero-order valence-corrected chi connectivity index (χ0v) is 11.9. The summed E-state index contributed by atoms with van der Waals surface area (Å²) in [5, 5.41) is 2.56. The molecule has 0 saturated carbocycles. The van der Waals surface area contributed by atoms with Gasteiger partial charge in [-0.3, -0.25) is 10.1 Å². The van der Waals surface area contributed by atoms with Crippen molar-refractivity contribution >= 4 is 17.6 Å². The van der Waals surface area contributed by atoms with Gasteiger partial charge in [-0.15, -0.1) is 0 Å². The van der Waals surface area contributed by atoms with Crippen LogP contribution in [0.2, 0.25) is 0 Å². The Hall–Kier alpha value is -2.04. The van der Waals surface area contributed by atoms with E-state index in [9.17, 15) is 9.59 Å². The maximum atomic E-state index is 11.7. The molecular weight excluding hydrogens is 246 g/mol. The van der Waals surface area contributed by atoms with Gasteiger partial charge < -0.3 is 9.47 Å². The summed E-state index contributed by atoms with van der Waals surface area (Å²) in [6.07, 6.45) is -0.597. The number of ether oxygens (including phenoxy) is 2. The number of carbonyl (C=O) groups excluding carboxylic acids is 2. The predicted octanol–water partition coefficient (Wildman–Crippen LogP) is 3.24. The Morgan fingerprint density at radius 3 is 2.32 bits per heavy atom. The molecule has 0 aliphatic carbocycles. The molecular formula is C14H19NO4. The van der Waals surface area contributed by atoms with Crippen LogP contribution in [0, 0.1) is 0 Å². The number of methoxy groups -OCH3 is 1. The fourth-order valence-corrected chi connectivity index (χ4v) is 1.46. The molecule has 5 heteroatoms. The van der Waals surface area contributed by atoms with Crippen molar-refractivity contribution in [2.24, 2.45) is 0 Å². The third-order valence-corrected chi connectivity index (χ3v) is 2.24. The minimum Gasteiger partial charge on any atom is -0.497 e. The molecule has 0 unspecified atom stereocenters. The van der Waals surface area contributed by atoms with Crippen molar-refractivity contribution in [2.45, 2.75) is 33.3 Å². The number of nitrogens with one attached hydrogen (secondary N) is 1. The molecule has 19 heavy (non-hydrogen) atoms. The smallest absolute Gasteiger partial charge is 0.412 e. The fourth-order valence-electron chi connectivity index (χ4n) is 1.46. The molecule has 1 amide bonds. The zero-order valence-electron chi connectivity index (χ0n) is 11.9. The molecule has 0 spiro atoms. The number of Topliss-reactive ketones (excluding diaryl/α,β-unsaturated/α-hetero) is 1. The van der Waals surface area contributed by atoms with Crippen molar-refractivity contribution < 1.29 is 19.1 Å². The van der Waals surface area contributed by atoms with E-state index in [2.05, 4.69) is 5.32 Å². The second-order valence-corrected chi connectivity index (χ2v) is 5.09. The van der Waals surface area contributed by atoms with Crippen LogP contribution in [0.25, 0.3) is 0 Å². The Kier molecular flexibility index (Phi) is 4.53. The van der Waals surface area contributed by atoms with Gasteiger partial charge in [-0.1, -0.05) is 0 Å². The summed E-state index contributed by atoms with van der Waals surface area (Å²) in [7, 11) is 1.51. The van der Waals surface area contributed by atoms with E-state index in [0.717, 1.165) is 0 Å². The van der Waals surface area contributed by atoms with Gasteiger partial charge in [0.05, 0.1) is 12.8 Å². The van der Waals surface area contributed by atoms with Gasteiger partial charge >= 0.3 is 6.09 Å². The van der Waals surface area contributed by atoms with Gasteiger partial charge in [0.1, 0.15) is 11.4 Å². The van der Waals surface area contributed by atoms with E-state index in [1.807, 2.05) is 0 Å². The first kappa shape index (κ1) is 15.0. The summed E-state index contributed by atoms with van der Waals surface area (Å²) >= 11 is 0. The van der Waals surface area contributed by atoms with Crippen LogP contribution in [0.3, 0.4) is 0 Å². The lowest BCUT2D eigenvalue weighted by Crippen LogP contribution is -2.27. The molecule has 1 aromatic carbocycles. The molecule has 0 aliphatic rings. The van der Waals surface area contributed by atoms with Crippen LogP contribution < -0.4 is 10.1 Å². The normalized spacial score (nSPS) is 10.8. The molecule has 1 aromatic rings. The van der Waals surface area contributed by atoms with Crippen molar-refractivity contribution in [1.82, 2.24) is 0 Å². The summed E-state index contributed by atoms with van der Waals surface area (Å²) in [5.74, 6) is 0.393. The predicted molar refractivity (Wildman–Crippen MR) is 72.9 cm³/mol. The average molecular weight is 265 g/mol. The number of rotatable bonds is 3. The van der Waals surface area contributed by atoms with Crippen molar-refractivity contribution in [3.63, 3.8) is 0 Å². The number of amides is 1. The summed E-state index contributed by atoms with van der Waals surface area (Å²) in [6.45, 7) is 6.74. The van der Waals surface area contributed by atoms with E-state index < -0.39 is 11.7 Å². The topological polar surface area (TPSA) is 64.6 Å². The molecule has 0 aromatic heterocycles. The maximum absolute atomic E-state index is 11.7. The lowest BCUT2D eigenvalue weighted by molar-refractivity contribution is 0.0636. The van der Waals surface area contributed by atoms with Crippen molar-refractivity contribution in [3.05, 3.63) is 23.8 Å². The van der Waals surface area contributed by atoms with E-state index in [1.165, 1.54) is 14.0 Å². The highest BCUT2D eigenvalue weighted by Crippen LogP contribution is 2.23. The standard InChI is InChI=1S/C14H19NO4/c1-9(16)11-8-10(18-5)6-7-12(11)15-13(17)19-14(2,3)4/h6-8H,1-5H3,(H,15,17). The molecule has 1 rings (SSSR count). The Bertz CT molecular complexity index is 489. The van der Waals surface area contributed by atoms with E-state index in [-0.39, 0.29) is 5.78 Å². The number of ketones is 1. The number of hydrogen-bond donors (Lipinski definition) is 1. The highest BCUT2D eigenvalue weighted by Gasteiger charge is 2.18. The minimum atomic E-state index is -0.597. The van der Waals surface area contributed by atoms with Crippen LogP contribution in [0.1, 0.15) is 38.1 Å². The van der Waals surface area contributed by atoms with Crippen molar-refractivity contribution in [1.29, 1.82) is 0 Å². The Morgan fingerprint density at radius 1 is 1.21 bits per heavy atom. The molecule has 1 N–H and O–H groups in total. The lowest BCUT2D eigenvalue weighted by atomic mass is 10.1. The van der Waals surface area contributed by atoms with E-state index >= 15 is 0 Å². The van der Waals surface area contributed by atoms with E-state index in [4.69, 9.17) is 9.47 Å². The van der Waals surface area contributed by atoms with Gasteiger partial charge in [0, 0.05) is 5.56 Å². The largest absolute Gasteiger partial charge is 0.497 e. The molecule has 0 atom stereocenters. The summed E-state index contributed by atoms with van der Waals surface area (Å²) in [6, 6.07) is 4.85. The van der Waals surface area contributed by atoms with Crippen LogP contribution >= 0.6 is 0 Å². The molecule has 0 saturated heterocycles. The van der Waals surface area contributed by atoms with Gasteiger partial charge in [-0.05, 0) is 45.9 Å². The molecule has 0 bridgehead atoms. The highest BCUT2D eigenvalue weighted by atomic mass is 16.6. The third-order valence-electron chi connectivity index (χ3n) is 2.24. The Balaban J connectivity index is 2.95. The van der Waals surface area contributed by atoms with Crippen LogP contribution in [0.5, 0.6) is 5.75 Å². The Morgan fingerprint density at radius 2 is 1.84 bits per heavy atom. The summed E-state index contributed by atoms with van der Waals surface area (Å²) < 4.78 is 10.2. The molecule has 104 valence electrons. The van der Waals surface area contributed by atoms with E-state index in [1.54, 1.807) is 39.0 Å². The minimum absolute atomic E-state index is 0.162. The van der Waals surface area contributed by atoms with Crippen LogP contribution in [0.15, 0.2) is 18.2 Å². The number of anilines is 1. The van der Waals surface area contributed by atoms with Crippen molar-refractivity contribution in [3.8, 4) is 5.75 Å². The lowest BCUT2D eigenvalue weighted by Gasteiger charge is -2.20. The molecule has 0 fully saturated rings. The van der Waals surface area contributed by atoms with Gasteiger partial charge in [0.15, 0.2) is 5.78 Å². The fraction of sp³-hybridized carbons (Fsp3) is 0.429. The van der Waals surface area contributed by atoms with Crippen LogP contribution in [-0.4, -0.2) is 24.6 Å². The zero-order chi connectivity index (χ0) is 14.6. The second kappa shape index (κ2) is 5.73. The quantitative estimate of drug-likeness (QED) is 0.852. The van der Waals surface area contributed by atoms with Crippen molar-refractivity contribution in [2.75, 3.05) is 12.4 Å². The molecule has 5 nitrogen and oxygen atoms in total. The summed E-state index contributed by atoms with van der Waals surface area (Å²) in [4.78, 5) is 23.2. The first-order valence-corrected chi connectivity index (χ1v) is 5.92. The molecule has 0 heterocycles. The number of carbonyl (C=O) groups is 2. The monoisotopic (exact) mass is 265 g/mol. The van der Waals surface area contributed by atoms with Gasteiger partial charge in [0.25, 0.3) is 0 Å². The Labute approximate surface area is 112 Å². The van der Waals surface area contributed by atoms with Crippen LogP contribution in [0.4, 0.5) is 10.5 Å². The van der Waals surface area contributed by atoms with E-state index in [0.29, 0.717) is 17.0 Å². The highest BCUT2D eigenvalue weighted by molar-refractivity contribution is 6.03. The number of benzene rings is 1. The number of hydrogen-bond acceptors (Lipinski definition) is 4. The van der Waals surface area contributed by atoms with Gasteiger partial charge in [0.2, 0.25) is 0 Å². The molecule has 0 radical (unpaired) electrons. The SMILES string of the molecule is COc1ccc(NC(=O)OC(C)(C)C)c(C(C)=O)c1. The summed E-state index contributed by atoms with van der Waals surface area (Å²) in [5.41, 5.74) is 0.195. The van der Waals surface area contributed by atoms with Crippen LogP contribution in [-0.2, 0) is 4.74 Å². The van der Waals surface area contributed by atoms with Gasteiger partial charge in [-0.2, -0.15) is 0 Å². The van der Waals surface area contributed by atoms with Gasteiger partial charge in [-0.25, -0.2) is 4.79 Å². The first-order valence-electron chi connectivity index (χ1n) is 5.92. The maximum Gasteiger partial charge on any atom is 0.412 e. The molecule has 0 aliphatic heterocycles. The second-order valence-electron chi connectivity index (χ2n) is 5.09. The average Bonchev–Trinajstić information content (AvgIpc) is 2.26. The third kappa shape index (κ3) is 4.62.